The van der Waals surface area contributed by atoms with Gasteiger partial charge in [0.05, 0.1) is 11.4 Å². The third kappa shape index (κ3) is 1.89. The lowest BCUT2D eigenvalue weighted by atomic mass is 9.93. The number of hydrogen-bond donors (Lipinski definition) is 2. The fourth-order valence-electron chi connectivity index (χ4n) is 1.96. The van der Waals surface area contributed by atoms with Crippen LogP contribution in [0.4, 0.5) is 11.4 Å². The molecule has 2 N–H and O–H groups in total. The molecular weight excluding hydrogens is 220 g/mol. The van der Waals surface area contributed by atoms with Gasteiger partial charge in [0, 0.05) is 16.6 Å². The van der Waals surface area contributed by atoms with Crippen LogP contribution in [-0.2, 0) is 4.79 Å². The van der Waals surface area contributed by atoms with E-state index in [1.54, 1.807) is 11.8 Å². The minimum Gasteiger partial charge on any atom is -0.382 e. The number of thioether (sulfide) groups is 1. The number of carbonyl (C=O) groups is 1. The molecule has 1 amide bonds. The molecule has 0 bridgehead atoms. The van der Waals surface area contributed by atoms with Gasteiger partial charge in [0.15, 0.2) is 0 Å². The molecule has 1 heterocycles. The summed E-state index contributed by atoms with van der Waals surface area (Å²) < 4.78 is 0. The van der Waals surface area contributed by atoms with Crippen LogP contribution >= 0.6 is 11.8 Å². The maximum absolute atomic E-state index is 11.3. The lowest BCUT2D eigenvalue weighted by Crippen LogP contribution is -2.27. The Morgan fingerprint density at radius 2 is 2.25 bits per heavy atom. The second kappa shape index (κ2) is 4.01. The van der Waals surface area contributed by atoms with Crippen LogP contribution < -0.4 is 10.6 Å². The van der Waals surface area contributed by atoms with Gasteiger partial charge in [0.2, 0.25) is 5.91 Å². The smallest absolute Gasteiger partial charge is 0.234 e. The van der Waals surface area contributed by atoms with Crippen LogP contribution in [0.25, 0.3) is 0 Å². The first-order valence-corrected chi connectivity index (χ1v) is 6.63. The molecule has 0 aromatic heterocycles. The standard InChI is InChI=1S/C12H14N2OS/c15-12-7-16-11-5-4-9(6-10(11)14-12)13-8-2-1-3-8/h4-6,8,13H,1-3,7H2,(H,14,15). The molecule has 1 saturated carbocycles. The van der Waals surface area contributed by atoms with Crippen molar-refractivity contribution in [3.05, 3.63) is 18.2 Å². The van der Waals surface area contributed by atoms with E-state index in [9.17, 15) is 4.79 Å². The molecule has 1 aromatic rings. The molecule has 16 heavy (non-hydrogen) atoms. The third-order valence-corrected chi connectivity index (χ3v) is 4.16. The molecule has 84 valence electrons. The van der Waals surface area contributed by atoms with Crippen LogP contribution in [0.2, 0.25) is 0 Å². The van der Waals surface area contributed by atoms with E-state index in [0.717, 1.165) is 11.4 Å². The normalized spacial score (nSPS) is 19.6. The van der Waals surface area contributed by atoms with Crippen molar-refractivity contribution < 1.29 is 4.79 Å². The molecule has 0 saturated heterocycles. The molecule has 0 unspecified atom stereocenters. The Morgan fingerprint density at radius 3 is 3.00 bits per heavy atom. The third-order valence-electron chi connectivity index (χ3n) is 3.09. The van der Waals surface area contributed by atoms with Crippen LogP contribution in [0.15, 0.2) is 23.1 Å². The van der Waals surface area contributed by atoms with E-state index >= 15 is 0 Å². The average Bonchev–Trinajstić information content (AvgIpc) is 2.23. The number of hydrogen-bond acceptors (Lipinski definition) is 3. The topological polar surface area (TPSA) is 41.1 Å². The Hall–Kier alpha value is -1.16. The van der Waals surface area contributed by atoms with Crippen LogP contribution in [0.1, 0.15) is 19.3 Å². The first-order chi connectivity index (χ1) is 7.81. The first-order valence-electron chi connectivity index (χ1n) is 5.64. The summed E-state index contributed by atoms with van der Waals surface area (Å²) in [6, 6.07) is 6.85. The van der Waals surface area contributed by atoms with E-state index < -0.39 is 0 Å². The van der Waals surface area contributed by atoms with Crippen LogP contribution in [-0.4, -0.2) is 17.7 Å². The highest BCUT2D eigenvalue weighted by Crippen LogP contribution is 2.34. The van der Waals surface area contributed by atoms with Crippen molar-refractivity contribution in [1.82, 2.24) is 0 Å². The number of anilines is 2. The summed E-state index contributed by atoms with van der Waals surface area (Å²) in [4.78, 5) is 12.4. The van der Waals surface area contributed by atoms with Crippen molar-refractivity contribution in [2.75, 3.05) is 16.4 Å². The van der Waals surface area contributed by atoms with Gasteiger partial charge in [-0.05, 0) is 37.5 Å². The molecule has 0 radical (unpaired) electrons. The molecule has 3 nitrogen and oxygen atoms in total. The predicted octanol–water partition coefficient (Wildman–Crippen LogP) is 2.70. The average molecular weight is 234 g/mol. The molecule has 1 aliphatic heterocycles. The Bertz CT molecular complexity index is 429. The van der Waals surface area contributed by atoms with E-state index in [1.165, 1.54) is 24.2 Å². The summed E-state index contributed by atoms with van der Waals surface area (Å²) >= 11 is 1.60. The van der Waals surface area contributed by atoms with Crippen molar-refractivity contribution in [2.45, 2.75) is 30.2 Å². The zero-order valence-corrected chi connectivity index (χ0v) is 9.77. The fraction of sp³-hybridized carbons (Fsp3) is 0.417. The molecule has 4 heteroatoms. The van der Waals surface area contributed by atoms with Gasteiger partial charge < -0.3 is 10.6 Å². The van der Waals surface area contributed by atoms with Gasteiger partial charge in [-0.25, -0.2) is 0 Å². The minimum absolute atomic E-state index is 0.0956. The Labute approximate surface area is 99.0 Å². The highest BCUT2D eigenvalue weighted by atomic mass is 32.2. The van der Waals surface area contributed by atoms with Crippen molar-refractivity contribution in [3.63, 3.8) is 0 Å². The monoisotopic (exact) mass is 234 g/mol. The minimum atomic E-state index is 0.0956. The highest BCUT2D eigenvalue weighted by Gasteiger charge is 2.19. The summed E-state index contributed by atoms with van der Waals surface area (Å²) in [5.74, 6) is 0.626. The number of benzene rings is 1. The van der Waals surface area contributed by atoms with Gasteiger partial charge in [0.1, 0.15) is 0 Å². The maximum atomic E-state index is 11.3. The molecule has 2 aliphatic rings. The Kier molecular flexibility index (Phi) is 2.52. The van der Waals surface area contributed by atoms with Gasteiger partial charge in [-0.15, -0.1) is 11.8 Å². The van der Waals surface area contributed by atoms with E-state index in [0.29, 0.717) is 11.8 Å². The van der Waals surface area contributed by atoms with Crippen molar-refractivity contribution in [1.29, 1.82) is 0 Å². The van der Waals surface area contributed by atoms with Crippen LogP contribution in [0.5, 0.6) is 0 Å². The largest absolute Gasteiger partial charge is 0.382 e. The lowest BCUT2D eigenvalue weighted by Gasteiger charge is -2.28. The fourth-order valence-corrected chi connectivity index (χ4v) is 2.75. The van der Waals surface area contributed by atoms with Gasteiger partial charge in [-0.2, -0.15) is 0 Å². The lowest BCUT2D eigenvalue weighted by molar-refractivity contribution is -0.113. The summed E-state index contributed by atoms with van der Waals surface area (Å²) in [7, 11) is 0. The number of nitrogens with one attached hydrogen (secondary N) is 2. The van der Waals surface area contributed by atoms with E-state index in [-0.39, 0.29) is 5.91 Å². The molecular formula is C12H14N2OS. The van der Waals surface area contributed by atoms with Crippen molar-refractivity contribution in [2.24, 2.45) is 0 Å². The summed E-state index contributed by atoms with van der Waals surface area (Å²) in [5.41, 5.74) is 2.07. The Morgan fingerprint density at radius 1 is 1.38 bits per heavy atom. The first kappa shape index (κ1) is 10.0. The number of rotatable bonds is 2. The zero-order chi connectivity index (χ0) is 11.0. The van der Waals surface area contributed by atoms with Gasteiger partial charge in [-0.1, -0.05) is 0 Å². The summed E-state index contributed by atoms with van der Waals surface area (Å²) in [6.45, 7) is 0. The van der Waals surface area contributed by atoms with Crippen LogP contribution in [0.3, 0.4) is 0 Å². The number of carbonyl (C=O) groups excluding carboxylic acids is 1. The molecule has 1 aliphatic carbocycles. The van der Waals surface area contributed by atoms with E-state index in [2.05, 4.69) is 22.8 Å². The quantitative estimate of drug-likeness (QED) is 0.826. The predicted molar refractivity (Wildman–Crippen MR) is 67.1 cm³/mol. The second-order valence-electron chi connectivity index (χ2n) is 4.32. The molecule has 0 atom stereocenters. The van der Waals surface area contributed by atoms with Gasteiger partial charge in [-0.3, -0.25) is 4.79 Å². The van der Waals surface area contributed by atoms with Crippen molar-refractivity contribution in [3.8, 4) is 0 Å². The number of fused-ring (bicyclic) bond motifs is 1. The zero-order valence-electron chi connectivity index (χ0n) is 8.95. The maximum Gasteiger partial charge on any atom is 0.234 e. The highest BCUT2D eigenvalue weighted by molar-refractivity contribution is 8.00. The van der Waals surface area contributed by atoms with Gasteiger partial charge in [0.25, 0.3) is 0 Å². The number of amides is 1. The van der Waals surface area contributed by atoms with E-state index in [1.807, 2.05) is 6.07 Å². The summed E-state index contributed by atoms with van der Waals surface area (Å²) in [5, 5.41) is 6.39. The SMILES string of the molecule is O=C1CSc2ccc(NC3CCC3)cc2N1. The van der Waals surface area contributed by atoms with Crippen molar-refractivity contribution >= 4 is 29.0 Å². The molecule has 0 spiro atoms. The van der Waals surface area contributed by atoms with Crippen LogP contribution in [0, 0.1) is 0 Å². The van der Waals surface area contributed by atoms with Gasteiger partial charge >= 0.3 is 0 Å². The second-order valence-corrected chi connectivity index (χ2v) is 5.34. The Balaban J connectivity index is 1.80. The van der Waals surface area contributed by atoms with E-state index in [4.69, 9.17) is 0 Å². The molecule has 3 rings (SSSR count). The molecule has 1 aromatic carbocycles. The molecule has 1 fully saturated rings. The summed E-state index contributed by atoms with van der Waals surface area (Å²) in [6.07, 6.45) is 3.85.